The van der Waals surface area contributed by atoms with Crippen LogP contribution in [0.3, 0.4) is 0 Å². The maximum absolute atomic E-state index is 11.1. The second kappa shape index (κ2) is 15.4. The smallest absolute Gasteiger partial charge is 0.216 e. The molecule has 0 aliphatic heterocycles. The molecule has 0 aromatic heterocycles. The minimum Gasteiger partial charge on any atom is -0.386 e. The van der Waals surface area contributed by atoms with Gasteiger partial charge in [0.05, 0.1) is 0 Å². The largest absolute Gasteiger partial charge is 0.386 e. The van der Waals surface area contributed by atoms with Crippen molar-refractivity contribution in [3.8, 4) is 0 Å². The van der Waals surface area contributed by atoms with Crippen molar-refractivity contribution in [2.45, 2.75) is 95.7 Å². The molecule has 0 aliphatic carbocycles. The van der Waals surface area contributed by atoms with Gasteiger partial charge in [0, 0.05) is 35.5 Å². The average molecular weight is 372 g/mol. The Morgan fingerprint density at radius 2 is 1.31 bits per heavy atom. The first kappa shape index (κ1) is 24.2. The van der Waals surface area contributed by atoms with Crippen LogP contribution < -0.4 is 0 Å². The molecule has 150 valence electrons. The van der Waals surface area contributed by atoms with E-state index in [1.165, 1.54) is 0 Å². The molecule has 0 aromatic carbocycles. The molecule has 26 heavy (non-hydrogen) atoms. The van der Waals surface area contributed by atoms with E-state index in [0.29, 0.717) is 44.8 Å². The van der Waals surface area contributed by atoms with Crippen LogP contribution in [-0.4, -0.2) is 39.4 Å². The van der Waals surface area contributed by atoms with E-state index in [1.807, 2.05) is 0 Å². The van der Waals surface area contributed by atoms with E-state index in [9.17, 15) is 25.0 Å². The molecule has 0 aromatic rings. The van der Waals surface area contributed by atoms with Gasteiger partial charge in [-0.1, -0.05) is 44.8 Å². The zero-order valence-electron chi connectivity index (χ0n) is 15.6. The van der Waals surface area contributed by atoms with E-state index in [2.05, 4.69) is 6.92 Å². The summed E-state index contributed by atoms with van der Waals surface area (Å²) in [6, 6.07) is -1.36. The Hall–Kier alpha value is -1.83. The van der Waals surface area contributed by atoms with E-state index in [0.717, 1.165) is 25.7 Å². The molecule has 8 nitrogen and oxygen atoms in total. The fraction of sp³-hybridized carbons (Fsp3) is 0.833. The molecule has 0 radical (unpaired) electrons. The number of carbonyl (C=O) groups excluding carboxylic acids is 1. The van der Waals surface area contributed by atoms with Gasteiger partial charge < -0.3 is 9.90 Å². The Kier molecular flexibility index (Phi) is 14.3. The minimum absolute atomic E-state index is 0.240. The van der Waals surface area contributed by atoms with Gasteiger partial charge in [-0.2, -0.15) is 0 Å². The highest BCUT2D eigenvalue weighted by Crippen LogP contribution is 2.14. The van der Waals surface area contributed by atoms with Gasteiger partial charge in [-0.05, 0) is 19.3 Å². The highest BCUT2D eigenvalue weighted by molar-refractivity contribution is 5.55. The predicted molar refractivity (Wildman–Crippen MR) is 99.2 cm³/mol. The number of aliphatic hydroxyl groups excluding tert-OH is 1. The Bertz CT molecular complexity index is 441. The van der Waals surface area contributed by atoms with Crippen molar-refractivity contribution in [3.05, 3.63) is 32.4 Å². The minimum atomic E-state index is -1.000. The SMILES string of the molecule is CCCCCCC(CC=CCC(CCCCC(O)C=O)[N+](=O)[O-])[N+](=O)[O-]. The maximum Gasteiger partial charge on any atom is 0.216 e. The summed E-state index contributed by atoms with van der Waals surface area (Å²) in [7, 11) is 0. The second-order valence-corrected chi connectivity index (χ2v) is 6.66. The van der Waals surface area contributed by atoms with Crippen LogP contribution in [0.5, 0.6) is 0 Å². The third-order valence-electron chi connectivity index (χ3n) is 4.41. The van der Waals surface area contributed by atoms with Crippen LogP contribution in [-0.2, 0) is 4.79 Å². The highest BCUT2D eigenvalue weighted by Gasteiger charge is 2.19. The van der Waals surface area contributed by atoms with E-state index in [4.69, 9.17) is 5.11 Å². The summed E-state index contributed by atoms with van der Waals surface area (Å²) in [5.74, 6) is 0. The van der Waals surface area contributed by atoms with E-state index in [1.54, 1.807) is 12.2 Å². The summed E-state index contributed by atoms with van der Waals surface area (Å²) < 4.78 is 0. The predicted octanol–water partition coefficient (Wildman–Crippen LogP) is 3.70. The third-order valence-corrected chi connectivity index (χ3v) is 4.41. The molecule has 0 saturated carbocycles. The Morgan fingerprint density at radius 1 is 0.846 bits per heavy atom. The summed E-state index contributed by atoms with van der Waals surface area (Å²) in [5.41, 5.74) is 0. The van der Waals surface area contributed by atoms with Gasteiger partial charge in [-0.25, -0.2) is 0 Å². The zero-order chi connectivity index (χ0) is 19.8. The number of nitro groups is 2. The van der Waals surface area contributed by atoms with Gasteiger partial charge in [0.15, 0.2) is 0 Å². The summed E-state index contributed by atoms with van der Waals surface area (Å²) in [6.07, 6.45) is 9.64. The molecule has 0 fully saturated rings. The Morgan fingerprint density at radius 3 is 1.73 bits per heavy atom. The van der Waals surface area contributed by atoms with Crippen molar-refractivity contribution >= 4 is 6.29 Å². The third kappa shape index (κ3) is 12.5. The number of aldehydes is 1. The topological polar surface area (TPSA) is 124 Å². The van der Waals surface area contributed by atoms with Crippen LogP contribution in [0.1, 0.15) is 77.6 Å². The van der Waals surface area contributed by atoms with Crippen LogP contribution in [0.4, 0.5) is 0 Å². The maximum atomic E-state index is 11.1. The van der Waals surface area contributed by atoms with Crippen molar-refractivity contribution < 1.29 is 19.7 Å². The normalized spacial score (nSPS) is 14.8. The lowest BCUT2D eigenvalue weighted by atomic mass is 10.0. The van der Waals surface area contributed by atoms with Gasteiger partial charge in [-0.15, -0.1) is 0 Å². The van der Waals surface area contributed by atoms with Crippen LogP contribution in [0.15, 0.2) is 12.2 Å². The van der Waals surface area contributed by atoms with Gasteiger partial charge in [0.25, 0.3) is 0 Å². The quantitative estimate of drug-likeness (QED) is 0.136. The molecule has 3 unspecified atom stereocenters. The van der Waals surface area contributed by atoms with Crippen LogP contribution in [0.25, 0.3) is 0 Å². The van der Waals surface area contributed by atoms with Crippen molar-refractivity contribution in [1.29, 1.82) is 0 Å². The van der Waals surface area contributed by atoms with Crippen LogP contribution in [0, 0.1) is 20.2 Å². The standard InChI is InChI=1S/C18H32N2O6/c1-2-3-4-5-10-16(19(23)24)11-6-7-12-17(20(25)26)13-8-9-14-18(22)15-21/h6-7,15-18,22H,2-5,8-14H2,1H3. The molecule has 3 atom stereocenters. The van der Waals surface area contributed by atoms with Crippen LogP contribution in [0.2, 0.25) is 0 Å². The van der Waals surface area contributed by atoms with Crippen molar-refractivity contribution in [1.82, 2.24) is 0 Å². The lowest BCUT2D eigenvalue weighted by molar-refractivity contribution is -0.523. The van der Waals surface area contributed by atoms with Gasteiger partial charge in [0.1, 0.15) is 12.4 Å². The number of carbonyl (C=O) groups is 1. The number of unbranched alkanes of at least 4 members (excludes halogenated alkanes) is 4. The summed E-state index contributed by atoms with van der Waals surface area (Å²) in [4.78, 5) is 31.9. The number of hydrogen-bond donors (Lipinski definition) is 1. The first-order valence-corrected chi connectivity index (χ1v) is 9.47. The van der Waals surface area contributed by atoms with Crippen LogP contribution >= 0.6 is 0 Å². The van der Waals surface area contributed by atoms with Gasteiger partial charge in [0.2, 0.25) is 12.1 Å². The molecule has 0 saturated heterocycles. The van der Waals surface area contributed by atoms with E-state index >= 15 is 0 Å². The van der Waals surface area contributed by atoms with Gasteiger partial charge in [-0.3, -0.25) is 20.2 Å². The van der Waals surface area contributed by atoms with Crippen molar-refractivity contribution in [2.24, 2.45) is 0 Å². The van der Waals surface area contributed by atoms with Gasteiger partial charge >= 0.3 is 0 Å². The number of hydrogen-bond acceptors (Lipinski definition) is 6. The Labute approximate surface area is 155 Å². The molecule has 1 N–H and O–H groups in total. The lowest BCUT2D eigenvalue weighted by Crippen LogP contribution is -2.19. The fourth-order valence-corrected chi connectivity index (χ4v) is 2.73. The monoisotopic (exact) mass is 372 g/mol. The van der Waals surface area contributed by atoms with E-state index < -0.39 is 18.2 Å². The number of rotatable bonds is 17. The lowest BCUT2D eigenvalue weighted by Gasteiger charge is -2.08. The molecular formula is C18H32N2O6. The first-order valence-electron chi connectivity index (χ1n) is 9.47. The number of aliphatic hydroxyl groups is 1. The molecule has 0 spiro atoms. The molecule has 0 heterocycles. The fourth-order valence-electron chi connectivity index (χ4n) is 2.73. The first-order chi connectivity index (χ1) is 12.4. The molecule has 0 bridgehead atoms. The molecule has 0 rings (SSSR count). The second-order valence-electron chi connectivity index (χ2n) is 6.66. The highest BCUT2D eigenvalue weighted by atomic mass is 16.6. The number of nitrogens with zero attached hydrogens (tertiary/aromatic N) is 2. The Balaban J connectivity index is 4.20. The molecule has 0 amide bonds. The molecule has 0 aliphatic rings. The summed E-state index contributed by atoms with van der Waals surface area (Å²) >= 11 is 0. The zero-order valence-corrected chi connectivity index (χ0v) is 15.6. The van der Waals surface area contributed by atoms with Crippen molar-refractivity contribution in [2.75, 3.05) is 0 Å². The molecule has 8 heteroatoms. The van der Waals surface area contributed by atoms with E-state index in [-0.39, 0.29) is 16.3 Å². The average Bonchev–Trinajstić information content (AvgIpc) is 2.60. The summed E-state index contributed by atoms with van der Waals surface area (Å²) in [5, 5.41) is 31.3. The molecular weight excluding hydrogens is 340 g/mol. The summed E-state index contributed by atoms with van der Waals surface area (Å²) in [6.45, 7) is 2.09. The van der Waals surface area contributed by atoms with Crippen molar-refractivity contribution in [3.63, 3.8) is 0 Å².